The molecule has 1 fully saturated rings. The highest BCUT2D eigenvalue weighted by Gasteiger charge is 2.23. The molecular formula is C6H10NO3. The fourth-order valence-corrected chi connectivity index (χ4v) is 1.05. The Morgan fingerprint density at radius 1 is 1.80 bits per heavy atom. The monoisotopic (exact) mass is 144 g/mol. The van der Waals surface area contributed by atoms with Crippen LogP contribution >= 0.6 is 0 Å². The largest absolute Gasteiger partial charge is 0.507 e. The Morgan fingerprint density at radius 2 is 2.50 bits per heavy atom. The molecule has 1 aliphatic heterocycles. The minimum atomic E-state index is -1.22. The van der Waals surface area contributed by atoms with Gasteiger partial charge in [0.1, 0.15) is 0 Å². The van der Waals surface area contributed by atoms with Gasteiger partial charge in [0, 0.05) is 13.6 Å². The van der Waals surface area contributed by atoms with E-state index in [4.69, 9.17) is 5.11 Å². The van der Waals surface area contributed by atoms with Crippen molar-refractivity contribution in [2.24, 2.45) is 0 Å². The van der Waals surface area contributed by atoms with E-state index in [0.29, 0.717) is 0 Å². The van der Waals surface area contributed by atoms with Crippen LogP contribution in [0, 0.1) is 7.05 Å². The summed E-state index contributed by atoms with van der Waals surface area (Å²) in [4.78, 5) is 11.7. The first kappa shape index (κ1) is 7.34. The molecule has 10 heavy (non-hydrogen) atoms. The molecule has 1 atom stereocenters. The second-order valence-electron chi connectivity index (χ2n) is 2.29. The molecular weight excluding hydrogens is 134 g/mol. The Labute approximate surface area is 59.4 Å². The van der Waals surface area contributed by atoms with Gasteiger partial charge < -0.3 is 9.84 Å². The lowest BCUT2D eigenvalue weighted by Crippen LogP contribution is -2.27. The molecule has 4 heteroatoms. The summed E-state index contributed by atoms with van der Waals surface area (Å²) in [6, 6.07) is 0. The molecule has 0 aliphatic carbocycles. The Bertz CT molecular complexity index is 137. The zero-order valence-corrected chi connectivity index (χ0v) is 5.62. The first-order valence-electron chi connectivity index (χ1n) is 3.17. The van der Waals surface area contributed by atoms with Gasteiger partial charge in [0.15, 0.2) is 6.23 Å². The summed E-state index contributed by atoms with van der Waals surface area (Å²) in [6.45, 7) is 0.817. The molecule has 0 spiro atoms. The van der Waals surface area contributed by atoms with Gasteiger partial charge in [0.05, 0.1) is 0 Å². The van der Waals surface area contributed by atoms with E-state index in [9.17, 15) is 4.79 Å². The summed E-state index contributed by atoms with van der Waals surface area (Å²) >= 11 is 0. The maximum absolute atomic E-state index is 10.0. The van der Waals surface area contributed by atoms with Crippen molar-refractivity contribution in [2.75, 3.05) is 6.54 Å². The first-order valence-corrected chi connectivity index (χ1v) is 3.17. The van der Waals surface area contributed by atoms with Crippen LogP contribution in [-0.4, -0.2) is 28.9 Å². The average molecular weight is 144 g/mol. The van der Waals surface area contributed by atoms with Crippen molar-refractivity contribution in [3.63, 3.8) is 0 Å². The number of hydrogen-bond acceptors (Lipinski definition) is 3. The number of rotatable bonds is 1. The first-order chi connectivity index (χ1) is 4.70. The summed E-state index contributed by atoms with van der Waals surface area (Å²) in [5.74, 6) is 0. The lowest BCUT2D eigenvalue weighted by atomic mass is 10.4. The molecule has 0 amide bonds. The molecule has 4 nitrogen and oxygen atoms in total. The van der Waals surface area contributed by atoms with Gasteiger partial charge in [0.25, 0.3) is 0 Å². The van der Waals surface area contributed by atoms with Gasteiger partial charge in [-0.3, -0.25) is 4.90 Å². The Balaban J connectivity index is 2.33. The fourth-order valence-electron chi connectivity index (χ4n) is 1.05. The van der Waals surface area contributed by atoms with Crippen molar-refractivity contribution in [1.82, 2.24) is 4.90 Å². The second-order valence-corrected chi connectivity index (χ2v) is 2.29. The maximum atomic E-state index is 10.0. The molecule has 0 saturated carbocycles. The van der Waals surface area contributed by atoms with Gasteiger partial charge in [-0.2, -0.15) is 0 Å². The molecule has 0 aromatic heterocycles. The summed E-state index contributed by atoms with van der Waals surface area (Å²) in [5.41, 5.74) is 0. The number of likely N-dealkylation sites (tertiary alicyclic amines) is 1. The Morgan fingerprint density at radius 3 is 2.90 bits per heavy atom. The second kappa shape index (κ2) is 2.88. The average Bonchev–Trinajstić information content (AvgIpc) is 2.15. The molecule has 1 unspecified atom stereocenters. The summed E-state index contributed by atoms with van der Waals surface area (Å²) in [7, 11) is 3.62. The zero-order chi connectivity index (χ0) is 7.56. The van der Waals surface area contributed by atoms with Crippen molar-refractivity contribution in [3.05, 3.63) is 7.05 Å². The van der Waals surface area contributed by atoms with Gasteiger partial charge >= 0.3 is 6.16 Å². The predicted octanol–water partition coefficient (Wildman–Crippen LogP) is 0.894. The number of carboxylic acid groups (broad SMARTS) is 1. The number of carbonyl (C=O) groups is 1. The quantitative estimate of drug-likeness (QED) is 0.555. The molecule has 1 N–H and O–H groups in total. The lowest BCUT2D eigenvalue weighted by molar-refractivity contribution is 0.00361. The fraction of sp³-hybridized carbons (Fsp3) is 0.667. The molecule has 0 aromatic rings. The lowest BCUT2D eigenvalue weighted by Gasteiger charge is -2.16. The Hall–Kier alpha value is -0.770. The third kappa shape index (κ3) is 1.60. The van der Waals surface area contributed by atoms with E-state index >= 15 is 0 Å². The van der Waals surface area contributed by atoms with Crippen LogP contribution in [0.3, 0.4) is 0 Å². The number of hydrogen-bond donors (Lipinski definition) is 1. The predicted molar refractivity (Wildman–Crippen MR) is 34.2 cm³/mol. The Kier molecular flexibility index (Phi) is 2.11. The smallest absolute Gasteiger partial charge is 0.450 e. The summed E-state index contributed by atoms with van der Waals surface area (Å²) in [6.07, 6.45) is 0.176. The van der Waals surface area contributed by atoms with Gasteiger partial charge in [-0.25, -0.2) is 4.79 Å². The van der Waals surface area contributed by atoms with Crippen LogP contribution in [0.1, 0.15) is 12.8 Å². The molecule has 1 aliphatic rings. The van der Waals surface area contributed by atoms with E-state index in [1.165, 1.54) is 0 Å². The van der Waals surface area contributed by atoms with Crippen LogP contribution in [0.15, 0.2) is 0 Å². The molecule has 0 bridgehead atoms. The van der Waals surface area contributed by atoms with Crippen molar-refractivity contribution >= 4 is 6.16 Å². The van der Waals surface area contributed by atoms with E-state index in [1.54, 1.807) is 4.90 Å². The number of ether oxygens (including phenoxy) is 1. The van der Waals surface area contributed by atoms with Crippen LogP contribution in [0.2, 0.25) is 0 Å². The molecule has 1 heterocycles. The summed E-state index contributed by atoms with van der Waals surface area (Å²) < 4.78 is 4.50. The highest BCUT2D eigenvalue weighted by Crippen LogP contribution is 2.16. The van der Waals surface area contributed by atoms with Gasteiger partial charge in [-0.05, 0) is 12.8 Å². The van der Waals surface area contributed by atoms with E-state index in [1.807, 2.05) is 0 Å². The third-order valence-corrected chi connectivity index (χ3v) is 1.54. The minimum absolute atomic E-state index is 0.322. The van der Waals surface area contributed by atoms with Crippen molar-refractivity contribution in [1.29, 1.82) is 0 Å². The van der Waals surface area contributed by atoms with Crippen molar-refractivity contribution in [3.8, 4) is 0 Å². The highest BCUT2D eigenvalue weighted by atomic mass is 16.7. The van der Waals surface area contributed by atoms with E-state index in [-0.39, 0.29) is 6.23 Å². The zero-order valence-electron chi connectivity index (χ0n) is 5.62. The van der Waals surface area contributed by atoms with Gasteiger partial charge in [0.2, 0.25) is 0 Å². The molecule has 1 saturated heterocycles. The van der Waals surface area contributed by atoms with Crippen LogP contribution in [-0.2, 0) is 4.74 Å². The molecule has 0 aromatic carbocycles. The van der Waals surface area contributed by atoms with E-state index in [2.05, 4.69) is 11.8 Å². The maximum Gasteiger partial charge on any atom is 0.507 e. The SMILES string of the molecule is [CH2]N1CCCC1OC(=O)O. The van der Waals surface area contributed by atoms with E-state index < -0.39 is 6.16 Å². The molecule has 57 valence electrons. The third-order valence-electron chi connectivity index (χ3n) is 1.54. The molecule has 1 rings (SSSR count). The normalized spacial score (nSPS) is 26.7. The van der Waals surface area contributed by atoms with Crippen LogP contribution in [0.4, 0.5) is 4.79 Å². The van der Waals surface area contributed by atoms with Crippen LogP contribution in [0.25, 0.3) is 0 Å². The van der Waals surface area contributed by atoms with Crippen molar-refractivity contribution < 1.29 is 14.6 Å². The topological polar surface area (TPSA) is 49.8 Å². The standard InChI is InChI=1S/C6H10NO3/c1-7-4-2-3-5(7)10-6(8)9/h5H,1-4H2,(H,8,9). The van der Waals surface area contributed by atoms with Crippen LogP contribution < -0.4 is 0 Å². The van der Waals surface area contributed by atoms with E-state index in [0.717, 1.165) is 19.4 Å². The van der Waals surface area contributed by atoms with Gasteiger partial charge in [-0.15, -0.1) is 0 Å². The van der Waals surface area contributed by atoms with Crippen LogP contribution in [0.5, 0.6) is 0 Å². The number of nitrogens with zero attached hydrogens (tertiary/aromatic N) is 1. The summed E-state index contributed by atoms with van der Waals surface area (Å²) in [5, 5.41) is 8.22. The van der Waals surface area contributed by atoms with Gasteiger partial charge in [-0.1, -0.05) is 0 Å². The highest BCUT2D eigenvalue weighted by molar-refractivity contribution is 5.57. The van der Waals surface area contributed by atoms with Crippen molar-refractivity contribution in [2.45, 2.75) is 19.1 Å². The minimum Gasteiger partial charge on any atom is -0.450 e. The molecule has 1 radical (unpaired) electrons.